The highest BCUT2D eigenvalue weighted by Gasteiger charge is 2.42. The molecule has 4 heterocycles. The molecule has 2 aromatic heterocycles. The summed E-state index contributed by atoms with van der Waals surface area (Å²) in [5.41, 5.74) is 2.15. The number of nitrogens with one attached hydrogen (secondary N) is 1. The molecule has 2 fully saturated rings. The number of hydrogen-bond donors (Lipinski definition) is 1. The molecule has 0 spiro atoms. The fraction of sp³-hybridized carbons (Fsp3) is 0.381. The normalized spacial score (nSPS) is 21.3. The number of rotatable bonds is 4. The van der Waals surface area contributed by atoms with Gasteiger partial charge in [0.25, 0.3) is 0 Å². The fourth-order valence-corrected chi connectivity index (χ4v) is 4.51. The van der Waals surface area contributed by atoms with Gasteiger partial charge in [0.1, 0.15) is 0 Å². The number of para-hydroxylation sites is 1. The summed E-state index contributed by atoms with van der Waals surface area (Å²) in [7, 11) is 1.61. The first-order valence-electron chi connectivity index (χ1n) is 9.66. The Bertz CT molecular complexity index is 1000. The summed E-state index contributed by atoms with van der Waals surface area (Å²) >= 11 is 0. The van der Waals surface area contributed by atoms with E-state index >= 15 is 0 Å². The van der Waals surface area contributed by atoms with Crippen molar-refractivity contribution in [3.8, 4) is 5.88 Å². The van der Waals surface area contributed by atoms with Gasteiger partial charge in [-0.2, -0.15) is 4.98 Å². The van der Waals surface area contributed by atoms with E-state index in [1.54, 1.807) is 19.4 Å². The van der Waals surface area contributed by atoms with Gasteiger partial charge in [-0.05, 0) is 11.6 Å². The zero-order valence-corrected chi connectivity index (χ0v) is 15.8. The highest BCUT2D eigenvalue weighted by atomic mass is 16.5. The molecule has 144 valence electrons. The van der Waals surface area contributed by atoms with Gasteiger partial charge in [0, 0.05) is 67.4 Å². The SMILES string of the molecule is COc1ccnc(N2CC3CN(C(=O)Cc4c[nH]c5ccccc45)CC3C2)n1. The molecule has 7 nitrogen and oxygen atoms in total. The first-order valence-corrected chi connectivity index (χ1v) is 9.66. The van der Waals surface area contributed by atoms with Crippen molar-refractivity contribution in [1.82, 2.24) is 19.9 Å². The van der Waals surface area contributed by atoms with Gasteiger partial charge in [-0.1, -0.05) is 18.2 Å². The lowest BCUT2D eigenvalue weighted by molar-refractivity contribution is -0.129. The van der Waals surface area contributed by atoms with Crippen LogP contribution in [0.5, 0.6) is 5.88 Å². The smallest absolute Gasteiger partial charge is 0.228 e. The Morgan fingerprint density at radius 1 is 1.18 bits per heavy atom. The number of H-pyrrole nitrogens is 1. The van der Waals surface area contributed by atoms with Crippen LogP contribution in [-0.4, -0.2) is 59.0 Å². The molecule has 0 saturated carbocycles. The molecule has 1 aromatic carbocycles. The Balaban J connectivity index is 1.23. The highest BCUT2D eigenvalue weighted by Crippen LogP contribution is 2.33. The third kappa shape index (κ3) is 2.96. The molecule has 28 heavy (non-hydrogen) atoms. The third-order valence-corrected chi connectivity index (χ3v) is 5.96. The second-order valence-electron chi connectivity index (χ2n) is 7.66. The van der Waals surface area contributed by atoms with Crippen molar-refractivity contribution >= 4 is 22.8 Å². The average molecular weight is 377 g/mol. The topological polar surface area (TPSA) is 74.3 Å². The van der Waals surface area contributed by atoms with E-state index in [4.69, 9.17) is 4.74 Å². The van der Waals surface area contributed by atoms with Crippen LogP contribution in [0.4, 0.5) is 5.95 Å². The lowest BCUT2D eigenvalue weighted by Crippen LogP contribution is -2.34. The molecule has 1 amide bonds. The standard InChI is InChI=1S/C21H23N5O2/c1-28-19-6-7-22-21(24-19)26-12-15-10-25(11-16(15)13-26)20(27)8-14-9-23-18-5-3-2-4-17(14)18/h2-7,9,15-16,23H,8,10-13H2,1H3. The molecule has 1 N–H and O–H groups in total. The summed E-state index contributed by atoms with van der Waals surface area (Å²) in [5.74, 6) is 2.45. The van der Waals surface area contributed by atoms with Crippen molar-refractivity contribution < 1.29 is 9.53 Å². The van der Waals surface area contributed by atoms with Gasteiger partial charge < -0.3 is 19.5 Å². The van der Waals surface area contributed by atoms with Crippen molar-refractivity contribution in [2.24, 2.45) is 11.8 Å². The minimum Gasteiger partial charge on any atom is -0.481 e. The maximum atomic E-state index is 12.9. The summed E-state index contributed by atoms with van der Waals surface area (Å²) in [5, 5.41) is 1.14. The molecule has 2 aliphatic rings. The predicted octanol–water partition coefficient (Wildman–Crippen LogP) is 2.10. The molecule has 0 radical (unpaired) electrons. The minimum atomic E-state index is 0.211. The first-order chi connectivity index (χ1) is 13.7. The number of benzene rings is 1. The number of nitrogens with zero attached hydrogens (tertiary/aromatic N) is 4. The highest BCUT2D eigenvalue weighted by molar-refractivity contribution is 5.89. The second kappa shape index (κ2) is 6.82. The van der Waals surface area contributed by atoms with E-state index in [1.165, 1.54) is 0 Å². The zero-order valence-electron chi connectivity index (χ0n) is 15.8. The molecule has 2 saturated heterocycles. The van der Waals surface area contributed by atoms with Crippen LogP contribution in [0.2, 0.25) is 0 Å². The number of fused-ring (bicyclic) bond motifs is 2. The maximum Gasteiger partial charge on any atom is 0.228 e. The summed E-state index contributed by atoms with van der Waals surface area (Å²) < 4.78 is 5.20. The zero-order chi connectivity index (χ0) is 19.1. The summed E-state index contributed by atoms with van der Waals surface area (Å²) in [6.07, 6.45) is 4.14. The molecule has 5 rings (SSSR count). The minimum absolute atomic E-state index is 0.211. The number of ether oxygens (including phenoxy) is 1. The van der Waals surface area contributed by atoms with Gasteiger partial charge in [-0.25, -0.2) is 4.98 Å². The van der Waals surface area contributed by atoms with Gasteiger partial charge in [0.15, 0.2) is 0 Å². The Hall–Kier alpha value is -3.09. The van der Waals surface area contributed by atoms with Gasteiger partial charge >= 0.3 is 0 Å². The van der Waals surface area contributed by atoms with Crippen LogP contribution in [0.3, 0.4) is 0 Å². The molecular formula is C21H23N5O2. The van der Waals surface area contributed by atoms with Crippen LogP contribution in [-0.2, 0) is 11.2 Å². The van der Waals surface area contributed by atoms with Crippen LogP contribution < -0.4 is 9.64 Å². The first kappa shape index (κ1) is 17.0. The van der Waals surface area contributed by atoms with Crippen molar-refractivity contribution in [2.45, 2.75) is 6.42 Å². The number of likely N-dealkylation sites (tertiary alicyclic amines) is 1. The predicted molar refractivity (Wildman–Crippen MR) is 106 cm³/mol. The summed E-state index contributed by atoms with van der Waals surface area (Å²) in [6.45, 7) is 3.39. The number of carbonyl (C=O) groups excluding carboxylic acids is 1. The van der Waals surface area contributed by atoms with E-state index in [2.05, 4.69) is 25.9 Å². The van der Waals surface area contributed by atoms with E-state index in [0.717, 1.165) is 42.6 Å². The van der Waals surface area contributed by atoms with Crippen molar-refractivity contribution in [3.63, 3.8) is 0 Å². The van der Waals surface area contributed by atoms with Crippen LogP contribution in [0, 0.1) is 11.8 Å². The molecule has 3 aromatic rings. The van der Waals surface area contributed by atoms with Crippen LogP contribution >= 0.6 is 0 Å². The van der Waals surface area contributed by atoms with Gasteiger partial charge in [-0.3, -0.25) is 4.79 Å². The quantitative estimate of drug-likeness (QED) is 0.754. The van der Waals surface area contributed by atoms with E-state index in [-0.39, 0.29) is 5.91 Å². The monoisotopic (exact) mass is 377 g/mol. The van der Waals surface area contributed by atoms with Crippen LogP contribution in [0.15, 0.2) is 42.7 Å². The summed E-state index contributed by atoms with van der Waals surface area (Å²) in [4.78, 5) is 29.2. The van der Waals surface area contributed by atoms with Gasteiger partial charge in [0.2, 0.25) is 17.7 Å². The Morgan fingerprint density at radius 3 is 2.75 bits per heavy atom. The molecule has 0 bridgehead atoms. The number of amides is 1. The largest absolute Gasteiger partial charge is 0.481 e. The van der Waals surface area contributed by atoms with Crippen molar-refractivity contribution in [1.29, 1.82) is 0 Å². The Labute approximate surface area is 163 Å². The van der Waals surface area contributed by atoms with Crippen LogP contribution in [0.25, 0.3) is 10.9 Å². The molecule has 2 aliphatic heterocycles. The number of carbonyl (C=O) groups is 1. The fourth-order valence-electron chi connectivity index (χ4n) is 4.51. The van der Waals surface area contributed by atoms with Gasteiger partial charge in [-0.15, -0.1) is 0 Å². The van der Waals surface area contributed by atoms with Crippen LogP contribution in [0.1, 0.15) is 5.56 Å². The number of anilines is 1. The van der Waals surface area contributed by atoms with E-state index in [9.17, 15) is 4.79 Å². The van der Waals surface area contributed by atoms with E-state index in [0.29, 0.717) is 30.1 Å². The number of hydrogen-bond acceptors (Lipinski definition) is 5. The lowest BCUT2D eigenvalue weighted by atomic mass is 10.0. The lowest BCUT2D eigenvalue weighted by Gasteiger charge is -2.22. The molecule has 2 unspecified atom stereocenters. The van der Waals surface area contributed by atoms with E-state index < -0.39 is 0 Å². The van der Waals surface area contributed by atoms with Crippen molar-refractivity contribution in [3.05, 3.63) is 48.3 Å². The molecular weight excluding hydrogens is 354 g/mol. The maximum absolute atomic E-state index is 12.9. The number of aromatic nitrogens is 3. The van der Waals surface area contributed by atoms with Crippen molar-refractivity contribution in [2.75, 3.05) is 38.2 Å². The van der Waals surface area contributed by atoms with E-state index in [1.807, 2.05) is 29.3 Å². The summed E-state index contributed by atoms with van der Waals surface area (Å²) in [6, 6.07) is 9.88. The second-order valence-corrected chi connectivity index (χ2v) is 7.66. The third-order valence-electron chi connectivity index (χ3n) is 5.96. The Morgan fingerprint density at radius 2 is 1.96 bits per heavy atom. The number of methoxy groups -OCH3 is 1. The Kier molecular flexibility index (Phi) is 4.15. The number of aromatic amines is 1. The molecule has 2 atom stereocenters. The average Bonchev–Trinajstić information content (AvgIpc) is 3.41. The van der Waals surface area contributed by atoms with Gasteiger partial charge in [0.05, 0.1) is 13.5 Å². The molecule has 0 aliphatic carbocycles. The molecule has 7 heteroatoms.